The Morgan fingerprint density at radius 2 is 1.83 bits per heavy atom. The fourth-order valence-corrected chi connectivity index (χ4v) is 1.29. The zero-order valence-corrected chi connectivity index (χ0v) is 9.19. The lowest BCUT2D eigenvalue weighted by atomic mass is 10.1. The number of nitrogens with one attached hydrogen (secondary N) is 1. The molecule has 1 atom stereocenters. The second-order valence-corrected chi connectivity index (χ2v) is 3.52. The summed E-state index contributed by atoms with van der Waals surface area (Å²) in [5, 5.41) is 19.2. The molecule has 0 aliphatic carbocycles. The minimum Gasteiger partial charge on any atom is -0.480 e. The van der Waals surface area contributed by atoms with Gasteiger partial charge in [-0.1, -0.05) is 6.07 Å². The maximum absolute atomic E-state index is 13.2. The number of aliphatic carboxylic acids is 1. The number of hydrogen-bond donors (Lipinski definition) is 3. The van der Waals surface area contributed by atoms with Crippen LogP contribution in [0, 0.1) is 11.6 Å². The topological polar surface area (TPSA) is 86.6 Å². The van der Waals surface area contributed by atoms with Gasteiger partial charge in [0.25, 0.3) is 0 Å². The molecule has 0 radical (unpaired) electrons. The smallest absolute Gasteiger partial charge is 0.328 e. The molecule has 1 aromatic carbocycles. The first kappa shape index (κ1) is 14.0. The van der Waals surface area contributed by atoms with E-state index in [1.807, 2.05) is 5.32 Å². The maximum Gasteiger partial charge on any atom is 0.328 e. The van der Waals surface area contributed by atoms with Gasteiger partial charge >= 0.3 is 5.97 Å². The molecule has 0 aromatic heterocycles. The lowest BCUT2D eigenvalue weighted by molar-refractivity contribution is -0.142. The van der Waals surface area contributed by atoms with Crippen LogP contribution in [0.1, 0.15) is 5.56 Å². The highest BCUT2D eigenvalue weighted by molar-refractivity contribution is 5.84. The number of halogens is 2. The van der Waals surface area contributed by atoms with Crippen LogP contribution >= 0.6 is 0 Å². The second-order valence-electron chi connectivity index (χ2n) is 3.52. The van der Waals surface area contributed by atoms with Gasteiger partial charge in [-0.3, -0.25) is 4.79 Å². The molecule has 0 heterocycles. The van der Waals surface area contributed by atoms with E-state index in [0.29, 0.717) is 0 Å². The molecule has 0 fully saturated rings. The number of hydrogen-bond acceptors (Lipinski definition) is 3. The van der Waals surface area contributed by atoms with Gasteiger partial charge in [0.15, 0.2) is 0 Å². The van der Waals surface area contributed by atoms with Gasteiger partial charge < -0.3 is 15.5 Å². The molecule has 0 saturated carbocycles. The molecule has 1 aromatic rings. The van der Waals surface area contributed by atoms with Crippen molar-refractivity contribution in [1.29, 1.82) is 0 Å². The van der Waals surface area contributed by atoms with E-state index >= 15 is 0 Å². The number of benzene rings is 1. The minimum atomic E-state index is -1.49. The van der Waals surface area contributed by atoms with Gasteiger partial charge in [-0.15, -0.1) is 0 Å². The molecule has 0 unspecified atom stereocenters. The first-order valence-corrected chi connectivity index (χ1v) is 5.01. The molecule has 5 nitrogen and oxygen atoms in total. The van der Waals surface area contributed by atoms with E-state index in [1.54, 1.807) is 0 Å². The van der Waals surface area contributed by atoms with Crippen LogP contribution in [0.4, 0.5) is 8.78 Å². The number of carbonyl (C=O) groups is 2. The quantitative estimate of drug-likeness (QED) is 0.698. The van der Waals surface area contributed by atoms with Crippen molar-refractivity contribution >= 4 is 11.9 Å². The lowest BCUT2D eigenvalue weighted by Gasteiger charge is -2.12. The van der Waals surface area contributed by atoms with Crippen LogP contribution in [-0.4, -0.2) is 34.7 Å². The van der Waals surface area contributed by atoms with Crippen molar-refractivity contribution < 1.29 is 28.6 Å². The highest BCUT2D eigenvalue weighted by Gasteiger charge is 2.20. The number of carbonyl (C=O) groups excluding carboxylic acids is 1. The monoisotopic (exact) mass is 259 g/mol. The normalized spacial score (nSPS) is 11.9. The number of amides is 1. The third kappa shape index (κ3) is 3.49. The predicted molar refractivity (Wildman–Crippen MR) is 56.7 cm³/mol. The molecule has 1 amide bonds. The third-order valence-electron chi connectivity index (χ3n) is 2.21. The molecule has 0 bridgehead atoms. The molecule has 1 rings (SSSR count). The van der Waals surface area contributed by atoms with Crippen LogP contribution in [0.15, 0.2) is 18.2 Å². The second kappa shape index (κ2) is 6.06. The van der Waals surface area contributed by atoms with Gasteiger partial charge in [-0.05, 0) is 12.1 Å². The number of aliphatic hydroxyl groups excluding tert-OH is 1. The Hall–Kier alpha value is -2.02. The summed E-state index contributed by atoms with van der Waals surface area (Å²) < 4.78 is 26.4. The van der Waals surface area contributed by atoms with E-state index in [1.165, 1.54) is 0 Å². The Bertz CT molecular complexity index is 444. The van der Waals surface area contributed by atoms with Crippen molar-refractivity contribution in [3.05, 3.63) is 35.4 Å². The highest BCUT2D eigenvalue weighted by Crippen LogP contribution is 2.12. The van der Waals surface area contributed by atoms with Crippen molar-refractivity contribution in [2.75, 3.05) is 6.61 Å². The zero-order valence-electron chi connectivity index (χ0n) is 9.19. The van der Waals surface area contributed by atoms with Gasteiger partial charge in [-0.2, -0.15) is 0 Å². The van der Waals surface area contributed by atoms with E-state index in [2.05, 4.69) is 0 Å². The lowest BCUT2D eigenvalue weighted by Crippen LogP contribution is -2.44. The first-order valence-electron chi connectivity index (χ1n) is 5.01. The van der Waals surface area contributed by atoms with Crippen molar-refractivity contribution in [1.82, 2.24) is 5.32 Å². The number of aliphatic hydroxyl groups is 1. The van der Waals surface area contributed by atoms with E-state index in [4.69, 9.17) is 10.2 Å². The van der Waals surface area contributed by atoms with E-state index < -0.39 is 48.1 Å². The standard InChI is InChI=1S/C11H11F2NO4/c12-7-2-1-3-8(13)6(7)4-10(16)14-9(5-15)11(17)18/h1-3,9,15H,4-5H2,(H,14,16)(H,17,18)/t9-/m1/s1. The van der Waals surface area contributed by atoms with E-state index in [-0.39, 0.29) is 0 Å². The van der Waals surface area contributed by atoms with Gasteiger partial charge in [0.1, 0.15) is 17.7 Å². The summed E-state index contributed by atoms with van der Waals surface area (Å²) in [7, 11) is 0. The van der Waals surface area contributed by atoms with Gasteiger partial charge in [0.05, 0.1) is 13.0 Å². The summed E-state index contributed by atoms with van der Waals surface area (Å²) in [6.45, 7) is -0.805. The number of carboxylic acids is 1. The minimum absolute atomic E-state index is 0.447. The Labute approximate surface area is 101 Å². The average molecular weight is 259 g/mol. The molecule has 0 saturated heterocycles. The van der Waals surface area contributed by atoms with Crippen molar-refractivity contribution in [2.24, 2.45) is 0 Å². The average Bonchev–Trinajstić information content (AvgIpc) is 2.30. The van der Waals surface area contributed by atoms with Gasteiger partial charge in [-0.25, -0.2) is 13.6 Å². The first-order chi connectivity index (χ1) is 8.45. The molecule has 0 aliphatic rings. The summed E-state index contributed by atoms with van der Waals surface area (Å²) in [5.74, 6) is -4.10. The molecule has 98 valence electrons. The molecule has 0 aliphatic heterocycles. The Morgan fingerprint density at radius 3 is 2.28 bits per heavy atom. The SMILES string of the molecule is O=C(Cc1c(F)cccc1F)N[C@H](CO)C(=O)O. The molecule has 3 N–H and O–H groups in total. The van der Waals surface area contributed by atoms with Crippen LogP contribution in [0.2, 0.25) is 0 Å². The molecule has 18 heavy (non-hydrogen) atoms. The van der Waals surface area contributed by atoms with Gasteiger partial charge in [0.2, 0.25) is 5.91 Å². The summed E-state index contributed by atoms with van der Waals surface area (Å²) in [6, 6.07) is 1.64. The molecular weight excluding hydrogens is 248 g/mol. The Morgan fingerprint density at radius 1 is 1.28 bits per heavy atom. The van der Waals surface area contributed by atoms with Crippen LogP contribution in [0.25, 0.3) is 0 Å². The van der Waals surface area contributed by atoms with Crippen molar-refractivity contribution in [3.8, 4) is 0 Å². The van der Waals surface area contributed by atoms with Crippen molar-refractivity contribution in [2.45, 2.75) is 12.5 Å². The maximum atomic E-state index is 13.2. The largest absolute Gasteiger partial charge is 0.480 e. The van der Waals surface area contributed by atoms with Crippen LogP contribution in [0.5, 0.6) is 0 Å². The summed E-state index contributed by atoms with van der Waals surface area (Å²) in [5.41, 5.74) is -0.447. The highest BCUT2D eigenvalue weighted by atomic mass is 19.1. The predicted octanol–water partition coefficient (Wildman–Crippen LogP) is 0.0690. The van der Waals surface area contributed by atoms with Crippen LogP contribution < -0.4 is 5.32 Å². The van der Waals surface area contributed by atoms with Crippen molar-refractivity contribution in [3.63, 3.8) is 0 Å². The van der Waals surface area contributed by atoms with Crippen LogP contribution in [0.3, 0.4) is 0 Å². The van der Waals surface area contributed by atoms with E-state index in [0.717, 1.165) is 18.2 Å². The molecule has 7 heteroatoms. The van der Waals surface area contributed by atoms with Gasteiger partial charge in [0, 0.05) is 5.56 Å². The Kier molecular flexibility index (Phi) is 4.73. The number of carboxylic acid groups (broad SMARTS) is 1. The molecule has 0 spiro atoms. The Balaban J connectivity index is 2.73. The van der Waals surface area contributed by atoms with E-state index in [9.17, 15) is 18.4 Å². The summed E-state index contributed by atoms with van der Waals surface area (Å²) in [4.78, 5) is 21.9. The molecular formula is C11H11F2NO4. The number of rotatable bonds is 5. The van der Waals surface area contributed by atoms with Crippen LogP contribution in [-0.2, 0) is 16.0 Å². The third-order valence-corrected chi connectivity index (χ3v) is 2.21. The summed E-state index contributed by atoms with van der Waals surface area (Å²) >= 11 is 0. The fourth-order valence-electron chi connectivity index (χ4n) is 1.29. The zero-order chi connectivity index (χ0) is 13.7. The fraction of sp³-hybridized carbons (Fsp3) is 0.273. The summed E-state index contributed by atoms with van der Waals surface area (Å²) in [6.07, 6.45) is -0.637.